The van der Waals surface area contributed by atoms with Crippen LogP contribution in [-0.2, 0) is 10.0 Å². The van der Waals surface area contributed by atoms with Gasteiger partial charge in [0.1, 0.15) is 10.7 Å². The Labute approximate surface area is 144 Å². The van der Waals surface area contributed by atoms with Crippen molar-refractivity contribution in [1.29, 1.82) is 0 Å². The van der Waals surface area contributed by atoms with Crippen molar-refractivity contribution < 1.29 is 8.42 Å². The van der Waals surface area contributed by atoms with Gasteiger partial charge in [0, 0.05) is 15.7 Å². The zero-order chi connectivity index (χ0) is 16.6. The predicted molar refractivity (Wildman–Crippen MR) is 97.9 cm³/mol. The van der Waals surface area contributed by atoms with Crippen molar-refractivity contribution in [2.75, 3.05) is 5.32 Å². The number of benzene rings is 2. The van der Waals surface area contributed by atoms with Gasteiger partial charge in [-0.1, -0.05) is 46.3 Å². The Morgan fingerprint density at radius 3 is 2.48 bits per heavy atom. The van der Waals surface area contributed by atoms with E-state index in [0.717, 1.165) is 15.7 Å². The lowest BCUT2D eigenvalue weighted by molar-refractivity contribution is 0.608. The molecule has 0 unspecified atom stereocenters. The molecule has 23 heavy (non-hydrogen) atoms. The summed E-state index contributed by atoms with van der Waals surface area (Å²) in [5.41, 5.74) is 3.11. The average Bonchev–Trinajstić information content (AvgIpc) is 2.70. The van der Waals surface area contributed by atoms with Gasteiger partial charge in [0.05, 0.1) is 0 Å². The zero-order valence-corrected chi connectivity index (χ0v) is 15.1. The van der Waals surface area contributed by atoms with E-state index in [-0.39, 0.29) is 4.91 Å². The molecule has 1 N–H and O–H groups in total. The number of halogens is 1. The second-order valence-corrected chi connectivity index (χ2v) is 7.78. The third kappa shape index (κ3) is 3.09. The summed E-state index contributed by atoms with van der Waals surface area (Å²) < 4.78 is 29.7. The highest BCUT2D eigenvalue weighted by atomic mass is 79.9. The highest BCUT2D eigenvalue weighted by Crippen LogP contribution is 2.34. The van der Waals surface area contributed by atoms with Gasteiger partial charge in [-0.25, -0.2) is 0 Å². The molecule has 0 amide bonds. The number of hydrogen-bond acceptors (Lipinski definition) is 3. The number of aryl methyl sites for hydroxylation is 1. The van der Waals surface area contributed by atoms with Crippen LogP contribution in [0.3, 0.4) is 0 Å². The number of nitrogens with zero attached hydrogens (tertiary/aromatic N) is 1. The van der Waals surface area contributed by atoms with Gasteiger partial charge in [0.2, 0.25) is 0 Å². The van der Waals surface area contributed by atoms with Crippen LogP contribution in [0.15, 0.2) is 63.0 Å². The van der Waals surface area contributed by atoms with Crippen LogP contribution in [0.5, 0.6) is 0 Å². The molecule has 1 aliphatic heterocycles. The van der Waals surface area contributed by atoms with E-state index < -0.39 is 10.0 Å². The van der Waals surface area contributed by atoms with E-state index in [1.165, 1.54) is 0 Å². The second-order valence-electron chi connectivity index (χ2n) is 5.32. The largest absolute Gasteiger partial charge is 0.339 e. The highest BCUT2D eigenvalue weighted by molar-refractivity contribution is 9.10. The Hall–Kier alpha value is -1.92. The number of rotatable bonds is 2. The van der Waals surface area contributed by atoms with E-state index >= 15 is 0 Å². The van der Waals surface area contributed by atoms with Crippen LogP contribution >= 0.6 is 15.9 Å². The highest BCUT2D eigenvalue weighted by Gasteiger charge is 2.31. The Kier molecular flexibility index (Phi) is 4.12. The maximum absolute atomic E-state index is 12.5. The summed E-state index contributed by atoms with van der Waals surface area (Å²) in [7, 11) is -3.70. The molecular formula is C17H15BrN2O2S. The third-order valence-corrected chi connectivity index (χ3v) is 5.62. The first-order valence-electron chi connectivity index (χ1n) is 7.03. The lowest BCUT2D eigenvalue weighted by atomic mass is 10.1. The van der Waals surface area contributed by atoms with Crippen molar-refractivity contribution in [1.82, 2.24) is 0 Å². The molecule has 0 fully saturated rings. The molecule has 1 heterocycles. The van der Waals surface area contributed by atoms with Crippen LogP contribution in [0.4, 0.5) is 5.69 Å². The minimum Gasteiger partial charge on any atom is -0.339 e. The van der Waals surface area contributed by atoms with Gasteiger partial charge in [-0.2, -0.15) is 8.42 Å². The first-order chi connectivity index (χ1) is 10.9. The van der Waals surface area contributed by atoms with E-state index in [9.17, 15) is 8.42 Å². The van der Waals surface area contributed by atoms with Gasteiger partial charge in [0.25, 0.3) is 10.0 Å². The first-order valence-corrected chi connectivity index (χ1v) is 9.26. The van der Waals surface area contributed by atoms with Crippen molar-refractivity contribution in [3.05, 3.63) is 69.7 Å². The van der Waals surface area contributed by atoms with Gasteiger partial charge in [-0.05, 0) is 43.2 Å². The molecule has 0 saturated heterocycles. The van der Waals surface area contributed by atoms with Crippen LogP contribution in [0, 0.1) is 6.92 Å². The molecule has 6 heteroatoms. The van der Waals surface area contributed by atoms with E-state index in [1.807, 2.05) is 43.3 Å². The molecule has 0 radical (unpaired) electrons. The molecule has 2 aromatic carbocycles. The minimum absolute atomic E-state index is 0.245. The van der Waals surface area contributed by atoms with Crippen molar-refractivity contribution in [2.24, 2.45) is 4.40 Å². The van der Waals surface area contributed by atoms with Gasteiger partial charge in [-0.15, -0.1) is 4.40 Å². The summed E-state index contributed by atoms with van der Waals surface area (Å²) in [6.45, 7) is 3.73. The van der Waals surface area contributed by atoms with Crippen LogP contribution in [0.25, 0.3) is 4.91 Å². The molecule has 118 valence electrons. The fourth-order valence-electron chi connectivity index (χ4n) is 2.49. The molecular weight excluding hydrogens is 376 g/mol. The summed E-state index contributed by atoms with van der Waals surface area (Å²) in [5.74, 6) is 0.370. The Morgan fingerprint density at radius 2 is 1.78 bits per heavy atom. The number of hydrogen-bond donors (Lipinski definition) is 1. The Morgan fingerprint density at radius 1 is 1.04 bits per heavy atom. The summed E-state index contributed by atoms with van der Waals surface area (Å²) in [4.78, 5) is 0.245. The van der Waals surface area contributed by atoms with Crippen LogP contribution in [0.1, 0.15) is 18.1 Å². The standard InChI is InChI=1S/C17H15BrN2O2S/c1-11-6-3-4-9-15(11)19-17-12(2)16(23(21,22)20-17)13-7-5-8-14(18)10-13/h3-10H,1-2H3,(H,19,20). The second kappa shape index (κ2) is 5.94. The quantitative estimate of drug-likeness (QED) is 0.829. The monoisotopic (exact) mass is 390 g/mol. The zero-order valence-electron chi connectivity index (χ0n) is 12.7. The Bertz CT molecular complexity index is 947. The predicted octanol–water partition coefficient (Wildman–Crippen LogP) is 4.34. The first kappa shape index (κ1) is 16.0. The number of amidine groups is 1. The van der Waals surface area contributed by atoms with Crippen molar-refractivity contribution in [3.8, 4) is 0 Å². The molecule has 1 aliphatic rings. The van der Waals surface area contributed by atoms with Crippen molar-refractivity contribution in [3.63, 3.8) is 0 Å². The molecule has 2 aromatic rings. The molecule has 0 atom stereocenters. The summed E-state index contributed by atoms with van der Waals surface area (Å²) in [6.07, 6.45) is 0. The molecule has 0 saturated carbocycles. The van der Waals surface area contributed by atoms with Crippen LogP contribution in [-0.4, -0.2) is 14.3 Å². The van der Waals surface area contributed by atoms with Gasteiger partial charge >= 0.3 is 0 Å². The normalized spacial score (nSPS) is 16.4. The number of para-hydroxylation sites is 1. The smallest absolute Gasteiger partial charge is 0.285 e. The maximum atomic E-state index is 12.5. The molecule has 0 spiro atoms. The average molecular weight is 391 g/mol. The van der Waals surface area contributed by atoms with Crippen molar-refractivity contribution in [2.45, 2.75) is 13.8 Å². The molecule has 3 rings (SSSR count). The summed E-state index contributed by atoms with van der Waals surface area (Å²) in [6, 6.07) is 14.9. The van der Waals surface area contributed by atoms with E-state index in [2.05, 4.69) is 25.6 Å². The lowest BCUT2D eigenvalue weighted by Crippen LogP contribution is -2.12. The number of sulfonamides is 1. The van der Waals surface area contributed by atoms with Crippen molar-refractivity contribution >= 4 is 42.4 Å². The Balaban J connectivity index is 2.06. The SMILES string of the molecule is CC1=C(c2cccc(Br)c2)S(=O)(=O)N=C1Nc1ccccc1C. The van der Waals surface area contributed by atoms with Crippen LogP contribution in [0.2, 0.25) is 0 Å². The molecule has 0 bridgehead atoms. The summed E-state index contributed by atoms with van der Waals surface area (Å²) in [5, 5.41) is 3.13. The number of nitrogens with one attached hydrogen (secondary N) is 1. The fraction of sp³-hybridized carbons (Fsp3) is 0.118. The van der Waals surface area contributed by atoms with Gasteiger partial charge < -0.3 is 5.32 Å². The van der Waals surface area contributed by atoms with Gasteiger partial charge in [-0.3, -0.25) is 0 Å². The fourth-order valence-corrected chi connectivity index (χ4v) is 4.31. The van der Waals surface area contributed by atoms with Crippen LogP contribution < -0.4 is 5.32 Å². The van der Waals surface area contributed by atoms with Gasteiger partial charge in [0.15, 0.2) is 0 Å². The molecule has 0 aromatic heterocycles. The lowest BCUT2D eigenvalue weighted by Gasteiger charge is -2.09. The summed E-state index contributed by atoms with van der Waals surface area (Å²) >= 11 is 3.37. The number of anilines is 1. The van der Waals surface area contributed by atoms with E-state index in [0.29, 0.717) is 17.0 Å². The van der Waals surface area contributed by atoms with E-state index in [1.54, 1.807) is 19.1 Å². The van der Waals surface area contributed by atoms with E-state index in [4.69, 9.17) is 0 Å². The maximum Gasteiger partial charge on any atom is 0.285 e. The topological polar surface area (TPSA) is 58.5 Å². The molecule has 4 nitrogen and oxygen atoms in total. The minimum atomic E-state index is -3.70. The molecule has 0 aliphatic carbocycles. The third-order valence-electron chi connectivity index (χ3n) is 3.65.